The van der Waals surface area contributed by atoms with Crippen LogP contribution >= 0.6 is 0 Å². The lowest BCUT2D eigenvalue weighted by atomic mass is 9.90. The molecule has 0 aromatic heterocycles. The molecule has 0 aliphatic carbocycles. The topological polar surface area (TPSA) is 110 Å². The first-order valence-electron chi connectivity index (χ1n) is 10.3. The third kappa shape index (κ3) is 6.97. The Labute approximate surface area is 193 Å². The molecule has 0 unspecified atom stereocenters. The number of ether oxygens (including phenoxy) is 1. The van der Waals surface area contributed by atoms with Gasteiger partial charge in [-0.25, -0.2) is 22.3 Å². The van der Waals surface area contributed by atoms with Crippen molar-refractivity contribution in [1.82, 2.24) is 4.72 Å². The van der Waals surface area contributed by atoms with E-state index in [-0.39, 0.29) is 22.6 Å². The summed E-state index contributed by atoms with van der Waals surface area (Å²) < 4.78 is 46.8. The van der Waals surface area contributed by atoms with Crippen molar-refractivity contribution in [2.24, 2.45) is 0 Å². The van der Waals surface area contributed by atoms with Crippen LogP contribution in [-0.4, -0.2) is 37.6 Å². The fraction of sp³-hybridized carbons (Fsp3) is 0.333. The summed E-state index contributed by atoms with van der Waals surface area (Å²) in [6.07, 6.45) is -0.629. The van der Waals surface area contributed by atoms with Gasteiger partial charge in [0, 0.05) is 5.54 Å². The predicted octanol–water partition coefficient (Wildman–Crippen LogP) is 4.05. The Kier molecular flexibility index (Phi) is 8.16. The number of hydrogen-bond donors (Lipinski definition) is 2. The van der Waals surface area contributed by atoms with Crippen molar-refractivity contribution in [1.29, 1.82) is 0 Å². The number of hydrogen-bond acceptors (Lipinski definition) is 5. The SMILES string of the molecule is CCOC(=O)/C(CC(=O)O)=C(\c1ccc(S(=O)(=O)NC(C)(C)C)cc1)c1ccc(F)c(C)c1. The molecule has 0 heterocycles. The molecule has 9 heteroatoms. The molecule has 7 nitrogen and oxygen atoms in total. The van der Waals surface area contributed by atoms with Crippen LogP contribution in [0.4, 0.5) is 4.39 Å². The van der Waals surface area contributed by atoms with E-state index in [2.05, 4.69) is 4.72 Å². The predicted molar refractivity (Wildman–Crippen MR) is 123 cm³/mol. The Hall–Kier alpha value is -3.04. The van der Waals surface area contributed by atoms with Gasteiger partial charge in [0.25, 0.3) is 0 Å². The first-order chi connectivity index (χ1) is 15.2. The Balaban J connectivity index is 2.73. The molecule has 0 atom stereocenters. The standard InChI is InChI=1S/C24H28FNO6S/c1-6-32-23(29)19(14-21(27)28)22(17-9-12-20(25)15(2)13-17)16-7-10-18(11-8-16)33(30,31)26-24(3,4)5/h7-13,26H,6,14H2,1-5H3,(H,27,28)/b22-19+. The van der Waals surface area contributed by atoms with Gasteiger partial charge in [-0.2, -0.15) is 0 Å². The van der Waals surface area contributed by atoms with E-state index in [0.717, 1.165) is 0 Å². The van der Waals surface area contributed by atoms with Crippen LogP contribution in [0.15, 0.2) is 52.9 Å². The largest absolute Gasteiger partial charge is 0.481 e. The maximum absolute atomic E-state index is 13.9. The van der Waals surface area contributed by atoms with Gasteiger partial charge in [-0.1, -0.05) is 18.2 Å². The summed E-state index contributed by atoms with van der Waals surface area (Å²) in [6, 6.07) is 9.84. The number of carboxylic acid groups (broad SMARTS) is 1. The molecule has 33 heavy (non-hydrogen) atoms. The molecule has 2 aromatic rings. The molecule has 178 valence electrons. The molecule has 0 radical (unpaired) electrons. The summed E-state index contributed by atoms with van der Waals surface area (Å²) in [4.78, 5) is 24.2. The minimum Gasteiger partial charge on any atom is -0.481 e. The first kappa shape index (κ1) is 26.2. The maximum atomic E-state index is 13.9. The Morgan fingerprint density at radius 3 is 2.12 bits per heavy atom. The number of rotatable bonds is 8. The Bertz CT molecular complexity index is 1180. The zero-order valence-corrected chi connectivity index (χ0v) is 20.0. The van der Waals surface area contributed by atoms with Crippen LogP contribution in [0.25, 0.3) is 5.57 Å². The summed E-state index contributed by atoms with van der Waals surface area (Å²) in [5.41, 5.74) is 0.511. The highest BCUT2D eigenvalue weighted by Crippen LogP contribution is 2.31. The van der Waals surface area contributed by atoms with Crippen molar-refractivity contribution in [2.45, 2.75) is 51.5 Å². The van der Waals surface area contributed by atoms with Gasteiger partial charge in [0.1, 0.15) is 5.82 Å². The lowest BCUT2D eigenvalue weighted by molar-refractivity contribution is -0.142. The highest BCUT2D eigenvalue weighted by Gasteiger charge is 2.25. The second kappa shape index (κ2) is 10.3. The van der Waals surface area contributed by atoms with Crippen molar-refractivity contribution in [3.63, 3.8) is 0 Å². The van der Waals surface area contributed by atoms with E-state index < -0.39 is 39.7 Å². The van der Waals surface area contributed by atoms with Crippen molar-refractivity contribution in [2.75, 3.05) is 6.61 Å². The summed E-state index contributed by atoms with van der Waals surface area (Å²) in [5, 5.41) is 9.41. The quantitative estimate of drug-likeness (QED) is 0.438. The van der Waals surface area contributed by atoms with E-state index in [1.807, 2.05) is 0 Å². The number of carbonyl (C=O) groups excluding carboxylic acids is 1. The third-order valence-electron chi connectivity index (χ3n) is 4.49. The summed E-state index contributed by atoms with van der Waals surface area (Å²) >= 11 is 0. The van der Waals surface area contributed by atoms with Gasteiger partial charge in [0.2, 0.25) is 10.0 Å². The third-order valence-corrected chi connectivity index (χ3v) is 6.27. The summed E-state index contributed by atoms with van der Waals surface area (Å²) in [7, 11) is -3.80. The highest BCUT2D eigenvalue weighted by atomic mass is 32.2. The molecule has 0 aliphatic rings. The molecule has 2 N–H and O–H groups in total. The molecule has 2 aromatic carbocycles. The van der Waals surface area contributed by atoms with Gasteiger partial charge in [0.05, 0.1) is 23.5 Å². The molecule has 0 bridgehead atoms. The lowest BCUT2D eigenvalue weighted by Crippen LogP contribution is -2.40. The van der Waals surface area contributed by atoms with Gasteiger partial charge in [-0.3, -0.25) is 4.79 Å². The number of carboxylic acids is 1. The van der Waals surface area contributed by atoms with E-state index in [1.165, 1.54) is 42.5 Å². The molecule has 2 rings (SSSR count). The van der Waals surface area contributed by atoms with Gasteiger partial charge in [0.15, 0.2) is 0 Å². The molecule has 0 saturated heterocycles. The first-order valence-corrected chi connectivity index (χ1v) is 11.8. The second-order valence-electron chi connectivity index (χ2n) is 8.49. The number of carbonyl (C=O) groups is 2. The van der Waals surface area contributed by atoms with E-state index in [9.17, 15) is 27.5 Å². The van der Waals surface area contributed by atoms with Gasteiger partial charge < -0.3 is 9.84 Å². The van der Waals surface area contributed by atoms with Crippen LogP contribution in [0.3, 0.4) is 0 Å². The van der Waals surface area contributed by atoms with Crippen molar-refractivity contribution < 1.29 is 32.2 Å². The van der Waals surface area contributed by atoms with Gasteiger partial charge in [-0.05, 0) is 81.1 Å². The van der Waals surface area contributed by atoms with Crippen LogP contribution in [0.2, 0.25) is 0 Å². The fourth-order valence-electron chi connectivity index (χ4n) is 3.21. The fourth-order valence-corrected chi connectivity index (χ4v) is 4.63. The average molecular weight is 478 g/mol. The second-order valence-corrected chi connectivity index (χ2v) is 10.2. The highest BCUT2D eigenvalue weighted by molar-refractivity contribution is 7.89. The number of nitrogens with one attached hydrogen (secondary N) is 1. The van der Waals surface area contributed by atoms with Crippen LogP contribution in [0.1, 0.15) is 50.8 Å². The molecule has 0 amide bonds. The van der Waals surface area contributed by atoms with Crippen LogP contribution in [0.5, 0.6) is 0 Å². The number of aliphatic carboxylic acids is 1. The van der Waals surface area contributed by atoms with Crippen molar-refractivity contribution in [3.8, 4) is 0 Å². The van der Waals surface area contributed by atoms with Gasteiger partial charge in [-0.15, -0.1) is 0 Å². The average Bonchev–Trinajstić information content (AvgIpc) is 2.68. The number of sulfonamides is 1. The van der Waals surface area contributed by atoms with Crippen molar-refractivity contribution in [3.05, 3.63) is 70.5 Å². The molecule has 0 aliphatic heterocycles. The normalized spacial score (nSPS) is 12.8. The zero-order chi connectivity index (χ0) is 25.0. The van der Waals surface area contributed by atoms with Crippen LogP contribution < -0.4 is 4.72 Å². The number of halogens is 1. The summed E-state index contributed by atoms with van der Waals surface area (Å²) in [6.45, 7) is 8.33. The molecule has 0 spiro atoms. The molecule has 0 fully saturated rings. The smallest absolute Gasteiger partial charge is 0.335 e. The van der Waals surface area contributed by atoms with E-state index >= 15 is 0 Å². The number of aryl methyl sites for hydroxylation is 1. The van der Waals surface area contributed by atoms with E-state index in [0.29, 0.717) is 16.7 Å². The molecular weight excluding hydrogens is 449 g/mol. The minimum atomic E-state index is -3.80. The molecular formula is C24H28FNO6S. The van der Waals surface area contributed by atoms with Crippen molar-refractivity contribution >= 4 is 27.5 Å². The Morgan fingerprint density at radius 1 is 1.06 bits per heavy atom. The summed E-state index contributed by atoms with van der Waals surface area (Å²) in [5.74, 6) is -2.52. The zero-order valence-electron chi connectivity index (χ0n) is 19.2. The lowest BCUT2D eigenvalue weighted by Gasteiger charge is -2.20. The number of esters is 1. The van der Waals surface area contributed by atoms with Crippen LogP contribution in [0, 0.1) is 12.7 Å². The van der Waals surface area contributed by atoms with E-state index in [1.54, 1.807) is 34.6 Å². The number of benzene rings is 2. The monoisotopic (exact) mass is 477 g/mol. The minimum absolute atomic E-state index is 0.00623. The maximum Gasteiger partial charge on any atom is 0.335 e. The van der Waals surface area contributed by atoms with Crippen LogP contribution in [-0.2, 0) is 24.3 Å². The Morgan fingerprint density at radius 2 is 1.64 bits per heavy atom. The van der Waals surface area contributed by atoms with E-state index in [4.69, 9.17) is 4.74 Å². The molecule has 0 saturated carbocycles. The van der Waals surface area contributed by atoms with Gasteiger partial charge >= 0.3 is 11.9 Å².